The Morgan fingerprint density at radius 1 is 1.48 bits per heavy atom. The summed E-state index contributed by atoms with van der Waals surface area (Å²) < 4.78 is 0. The first kappa shape index (κ1) is 14.9. The lowest BCUT2D eigenvalue weighted by Gasteiger charge is -2.07. The van der Waals surface area contributed by atoms with Gasteiger partial charge in [-0.05, 0) is 18.6 Å². The SMILES string of the molecule is CCc1ccc(CNc2ncc([N+](=O)[O-])cc2C(=O)O)s1. The maximum atomic E-state index is 11.2. The number of carbonyl (C=O) groups is 1. The van der Waals surface area contributed by atoms with Crippen molar-refractivity contribution in [1.82, 2.24) is 4.98 Å². The van der Waals surface area contributed by atoms with Crippen molar-refractivity contribution in [2.75, 3.05) is 5.32 Å². The Hall–Kier alpha value is -2.48. The number of nitrogens with one attached hydrogen (secondary N) is 1. The molecule has 7 nitrogen and oxygen atoms in total. The lowest BCUT2D eigenvalue weighted by molar-refractivity contribution is -0.385. The zero-order chi connectivity index (χ0) is 15.4. The van der Waals surface area contributed by atoms with Crippen molar-refractivity contribution in [3.8, 4) is 0 Å². The second-order valence-electron chi connectivity index (χ2n) is 4.23. The highest BCUT2D eigenvalue weighted by molar-refractivity contribution is 7.12. The smallest absolute Gasteiger partial charge is 0.339 e. The van der Waals surface area contributed by atoms with Gasteiger partial charge < -0.3 is 10.4 Å². The lowest BCUT2D eigenvalue weighted by Crippen LogP contribution is -2.08. The summed E-state index contributed by atoms with van der Waals surface area (Å²) in [5.74, 6) is -1.13. The molecule has 2 aromatic heterocycles. The molecule has 0 radical (unpaired) electrons. The fraction of sp³-hybridized carbons (Fsp3) is 0.231. The highest BCUT2D eigenvalue weighted by atomic mass is 32.1. The molecule has 0 atom stereocenters. The van der Waals surface area contributed by atoms with Gasteiger partial charge in [0.15, 0.2) is 0 Å². The molecule has 0 bridgehead atoms. The predicted molar refractivity (Wildman–Crippen MR) is 78.9 cm³/mol. The Bertz CT molecular complexity index is 684. The van der Waals surface area contributed by atoms with Gasteiger partial charge in [-0.15, -0.1) is 11.3 Å². The molecule has 2 heterocycles. The minimum absolute atomic E-state index is 0.125. The number of aryl methyl sites for hydroxylation is 1. The highest BCUT2D eigenvalue weighted by Crippen LogP contribution is 2.22. The van der Waals surface area contributed by atoms with Crippen LogP contribution in [0.1, 0.15) is 27.0 Å². The number of pyridine rings is 1. The molecule has 0 amide bonds. The highest BCUT2D eigenvalue weighted by Gasteiger charge is 2.17. The van der Waals surface area contributed by atoms with E-state index >= 15 is 0 Å². The molecule has 21 heavy (non-hydrogen) atoms. The van der Waals surface area contributed by atoms with Crippen LogP contribution in [0.4, 0.5) is 11.5 Å². The van der Waals surface area contributed by atoms with Crippen molar-refractivity contribution in [3.63, 3.8) is 0 Å². The van der Waals surface area contributed by atoms with Crippen molar-refractivity contribution < 1.29 is 14.8 Å². The predicted octanol–water partition coefficient (Wildman–Crippen LogP) is 2.92. The quantitative estimate of drug-likeness (QED) is 0.628. The molecule has 0 aromatic carbocycles. The van der Waals surface area contributed by atoms with Crippen molar-refractivity contribution in [3.05, 3.63) is 49.8 Å². The number of thiophene rings is 1. The zero-order valence-corrected chi connectivity index (χ0v) is 12.0. The average molecular weight is 307 g/mol. The zero-order valence-electron chi connectivity index (χ0n) is 11.2. The largest absolute Gasteiger partial charge is 0.478 e. The Kier molecular flexibility index (Phi) is 4.49. The topological polar surface area (TPSA) is 105 Å². The first-order valence-electron chi connectivity index (χ1n) is 6.20. The van der Waals surface area contributed by atoms with E-state index in [4.69, 9.17) is 5.11 Å². The van der Waals surface area contributed by atoms with Gasteiger partial charge in [0.25, 0.3) is 5.69 Å². The van der Waals surface area contributed by atoms with Crippen LogP contribution in [0.25, 0.3) is 0 Å². The molecule has 2 aromatic rings. The van der Waals surface area contributed by atoms with Crippen LogP contribution in [-0.4, -0.2) is 21.0 Å². The molecular weight excluding hydrogens is 294 g/mol. The fourth-order valence-electron chi connectivity index (χ4n) is 1.74. The number of nitro groups is 1. The van der Waals surface area contributed by atoms with Crippen LogP contribution in [0.5, 0.6) is 0 Å². The minimum Gasteiger partial charge on any atom is -0.478 e. The van der Waals surface area contributed by atoms with Crippen molar-refractivity contribution in [2.45, 2.75) is 19.9 Å². The Balaban J connectivity index is 2.19. The van der Waals surface area contributed by atoms with Gasteiger partial charge in [0.05, 0.1) is 11.5 Å². The molecule has 0 saturated heterocycles. The van der Waals surface area contributed by atoms with Gasteiger partial charge >= 0.3 is 5.97 Å². The third-order valence-corrected chi connectivity index (χ3v) is 4.04. The number of hydrogen-bond acceptors (Lipinski definition) is 6. The van der Waals surface area contributed by atoms with Crippen LogP contribution in [0.2, 0.25) is 0 Å². The summed E-state index contributed by atoms with van der Waals surface area (Å²) >= 11 is 1.63. The van der Waals surface area contributed by atoms with Crippen LogP contribution < -0.4 is 5.32 Å². The molecule has 110 valence electrons. The number of aromatic carboxylic acids is 1. The average Bonchev–Trinajstić information content (AvgIpc) is 2.92. The van der Waals surface area contributed by atoms with E-state index in [1.807, 2.05) is 12.1 Å². The van der Waals surface area contributed by atoms with Crippen molar-refractivity contribution in [2.24, 2.45) is 0 Å². The van der Waals surface area contributed by atoms with Crippen molar-refractivity contribution >= 4 is 28.8 Å². The normalized spacial score (nSPS) is 10.3. The summed E-state index contributed by atoms with van der Waals surface area (Å²) in [5, 5.41) is 22.7. The standard InChI is InChI=1S/C13H13N3O4S/c1-2-9-3-4-10(21-9)7-15-12-11(13(17)18)5-8(6-14-12)16(19)20/h3-6H,2,7H2,1H3,(H,14,15)(H,17,18). The van der Waals surface area contributed by atoms with Gasteiger partial charge in [0, 0.05) is 15.8 Å². The number of carboxylic acids is 1. The molecule has 0 fully saturated rings. The Morgan fingerprint density at radius 2 is 2.19 bits per heavy atom. The summed E-state index contributed by atoms with van der Waals surface area (Å²) in [6.07, 6.45) is 1.99. The molecule has 2 rings (SSSR count). The Labute approximate surface area is 124 Å². The number of rotatable bonds is 6. The van der Waals surface area contributed by atoms with E-state index < -0.39 is 10.9 Å². The van der Waals surface area contributed by atoms with Gasteiger partial charge in [0.1, 0.15) is 17.6 Å². The van der Waals surface area contributed by atoms with E-state index in [9.17, 15) is 14.9 Å². The van der Waals surface area contributed by atoms with E-state index in [0.717, 1.165) is 23.6 Å². The maximum Gasteiger partial charge on any atom is 0.339 e. The van der Waals surface area contributed by atoms with E-state index in [-0.39, 0.29) is 17.1 Å². The molecule has 2 N–H and O–H groups in total. The van der Waals surface area contributed by atoms with Crippen LogP contribution >= 0.6 is 11.3 Å². The van der Waals surface area contributed by atoms with E-state index in [1.165, 1.54) is 4.88 Å². The second-order valence-corrected chi connectivity index (χ2v) is 5.48. The first-order chi connectivity index (χ1) is 10.0. The van der Waals surface area contributed by atoms with Crippen LogP contribution in [0.15, 0.2) is 24.4 Å². The van der Waals surface area contributed by atoms with E-state index in [1.54, 1.807) is 11.3 Å². The van der Waals surface area contributed by atoms with Gasteiger partial charge in [-0.1, -0.05) is 6.92 Å². The first-order valence-corrected chi connectivity index (χ1v) is 7.02. The van der Waals surface area contributed by atoms with Gasteiger partial charge in [-0.3, -0.25) is 10.1 Å². The fourth-order valence-corrected chi connectivity index (χ4v) is 2.63. The number of nitrogens with zero attached hydrogens (tertiary/aromatic N) is 2. The monoisotopic (exact) mass is 307 g/mol. The maximum absolute atomic E-state index is 11.2. The van der Waals surface area contributed by atoms with Crippen molar-refractivity contribution in [1.29, 1.82) is 0 Å². The summed E-state index contributed by atoms with van der Waals surface area (Å²) in [6.45, 7) is 2.49. The van der Waals surface area contributed by atoms with Crippen LogP contribution in [0.3, 0.4) is 0 Å². The van der Waals surface area contributed by atoms with Gasteiger partial charge in [-0.25, -0.2) is 9.78 Å². The lowest BCUT2D eigenvalue weighted by atomic mass is 10.2. The summed E-state index contributed by atoms with van der Waals surface area (Å²) in [6, 6.07) is 4.98. The third-order valence-electron chi connectivity index (χ3n) is 2.81. The number of anilines is 1. The molecule has 0 aliphatic rings. The summed E-state index contributed by atoms with van der Waals surface area (Å²) in [4.78, 5) is 27.3. The molecule has 0 aliphatic carbocycles. The molecular formula is C13H13N3O4S. The number of hydrogen-bond donors (Lipinski definition) is 2. The van der Waals surface area contributed by atoms with E-state index in [0.29, 0.717) is 6.54 Å². The van der Waals surface area contributed by atoms with E-state index in [2.05, 4.69) is 17.2 Å². The van der Waals surface area contributed by atoms with Gasteiger partial charge in [0.2, 0.25) is 0 Å². The van der Waals surface area contributed by atoms with Gasteiger partial charge in [-0.2, -0.15) is 0 Å². The molecule has 0 aliphatic heterocycles. The number of carboxylic acid groups (broad SMARTS) is 1. The number of aromatic nitrogens is 1. The minimum atomic E-state index is -1.26. The van der Waals surface area contributed by atoms with Crippen LogP contribution in [-0.2, 0) is 13.0 Å². The molecule has 0 unspecified atom stereocenters. The molecule has 0 saturated carbocycles. The molecule has 0 spiro atoms. The summed E-state index contributed by atoms with van der Waals surface area (Å²) in [5.41, 5.74) is -0.557. The third kappa shape index (κ3) is 3.54. The molecule has 8 heteroatoms. The second kappa shape index (κ2) is 6.31. The Morgan fingerprint density at radius 3 is 2.76 bits per heavy atom. The van der Waals surface area contributed by atoms with Crippen LogP contribution in [0, 0.1) is 10.1 Å². The summed E-state index contributed by atoms with van der Waals surface area (Å²) in [7, 11) is 0.